The summed E-state index contributed by atoms with van der Waals surface area (Å²) in [6.45, 7) is 1.73. The molecule has 1 aromatic carbocycles. The fourth-order valence-corrected chi connectivity index (χ4v) is 1.58. The molecule has 0 aliphatic carbocycles. The minimum atomic E-state index is -0.410. The highest BCUT2D eigenvalue weighted by Crippen LogP contribution is 2.08. The molecule has 2 aromatic rings. The largest absolute Gasteiger partial charge is 0.344 e. The normalized spacial score (nSPS) is 10.3. The summed E-state index contributed by atoms with van der Waals surface area (Å²) in [6, 6.07) is 7.29. The van der Waals surface area contributed by atoms with Crippen LogP contribution < -0.4 is 5.32 Å². The number of carbonyl (C=O) groups excluding carboxylic acids is 2. The summed E-state index contributed by atoms with van der Waals surface area (Å²) < 4.78 is 14.3. The van der Waals surface area contributed by atoms with E-state index in [1.165, 1.54) is 22.9 Å². The number of amides is 1. The lowest BCUT2D eigenvalue weighted by atomic mass is 10.3. The van der Waals surface area contributed by atoms with Crippen LogP contribution in [-0.4, -0.2) is 28.0 Å². The molecule has 104 valence electrons. The van der Waals surface area contributed by atoms with Crippen LogP contribution in [0.2, 0.25) is 0 Å². The van der Waals surface area contributed by atoms with Crippen molar-refractivity contribution in [1.29, 1.82) is 0 Å². The van der Waals surface area contributed by atoms with Crippen LogP contribution in [0.1, 0.15) is 23.8 Å². The minimum Gasteiger partial charge on any atom is -0.344 e. The van der Waals surface area contributed by atoms with Crippen LogP contribution in [0.5, 0.6) is 0 Å². The highest BCUT2D eigenvalue weighted by atomic mass is 19.1. The van der Waals surface area contributed by atoms with Gasteiger partial charge in [0.25, 0.3) is 5.91 Å². The number of hydrogen-bond acceptors (Lipinski definition) is 3. The van der Waals surface area contributed by atoms with Gasteiger partial charge in [-0.25, -0.2) is 9.07 Å². The Labute approximate surface area is 115 Å². The fourth-order valence-electron chi connectivity index (χ4n) is 1.58. The molecule has 1 N–H and O–H groups in total. The average Bonchev–Trinajstić information content (AvgIpc) is 2.95. The fraction of sp³-hybridized carbons (Fsp3) is 0.214. The smallest absolute Gasteiger partial charge is 0.272 e. The van der Waals surface area contributed by atoms with E-state index in [4.69, 9.17) is 0 Å². The Morgan fingerprint density at radius 1 is 1.25 bits per heavy atom. The van der Waals surface area contributed by atoms with Gasteiger partial charge in [-0.1, -0.05) is 6.92 Å². The molecule has 6 heteroatoms. The van der Waals surface area contributed by atoms with Gasteiger partial charge in [0, 0.05) is 12.6 Å². The number of carbonyl (C=O) groups is 2. The number of ketones is 1. The molecule has 2 rings (SSSR count). The summed E-state index contributed by atoms with van der Waals surface area (Å²) in [6.07, 6.45) is 1.98. The summed E-state index contributed by atoms with van der Waals surface area (Å²) in [7, 11) is 0. The molecule has 0 spiro atoms. The summed E-state index contributed by atoms with van der Waals surface area (Å²) in [5.41, 5.74) is 0.855. The van der Waals surface area contributed by atoms with Crippen LogP contribution in [-0.2, 0) is 4.79 Å². The predicted octanol–water partition coefficient (Wildman–Crippen LogP) is 1.72. The Kier molecular flexibility index (Phi) is 4.24. The molecule has 0 saturated carbocycles. The molecule has 0 atom stereocenters. The maximum Gasteiger partial charge on any atom is 0.272 e. The van der Waals surface area contributed by atoms with E-state index < -0.39 is 5.91 Å². The molecule has 0 radical (unpaired) electrons. The van der Waals surface area contributed by atoms with Crippen LogP contribution in [0, 0.1) is 5.82 Å². The maximum absolute atomic E-state index is 12.8. The van der Waals surface area contributed by atoms with Crippen molar-refractivity contribution in [1.82, 2.24) is 15.1 Å². The number of Topliss-reactive ketones (excluding diaryl/α,β-unsaturated/α-hetero) is 1. The first-order chi connectivity index (χ1) is 9.60. The number of nitrogens with one attached hydrogen (secondary N) is 1. The highest BCUT2D eigenvalue weighted by molar-refractivity contribution is 5.95. The molecule has 1 heterocycles. The molecular formula is C14H14FN3O2. The number of benzene rings is 1. The van der Waals surface area contributed by atoms with Crippen LogP contribution in [0.15, 0.2) is 36.5 Å². The minimum absolute atomic E-state index is 0.00125. The van der Waals surface area contributed by atoms with Crippen molar-refractivity contribution < 1.29 is 14.0 Å². The summed E-state index contributed by atoms with van der Waals surface area (Å²) in [4.78, 5) is 22.9. The zero-order valence-corrected chi connectivity index (χ0v) is 11.0. The van der Waals surface area contributed by atoms with Gasteiger partial charge < -0.3 is 5.32 Å². The monoisotopic (exact) mass is 275 g/mol. The van der Waals surface area contributed by atoms with Crippen molar-refractivity contribution in [2.45, 2.75) is 13.3 Å². The van der Waals surface area contributed by atoms with E-state index in [0.29, 0.717) is 12.1 Å². The van der Waals surface area contributed by atoms with E-state index in [1.54, 1.807) is 25.3 Å². The third-order valence-electron chi connectivity index (χ3n) is 2.75. The van der Waals surface area contributed by atoms with Gasteiger partial charge in [-0.15, -0.1) is 0 Å². The lowest BCUT2D eigenvalue weighted by Crippen LogP contribution is -2.29. The third-order valence-corrected chi connectivity index (χ3v) is 2.75. The van der Waals surface area contributed by atoms with Gasteiger partial charge in [-0.2, -0.15) is 5.10 Å². The molecule has 1 aromatic heterocycles. The average molecular weight is 275 g/mol. The molecule has 0 fully saturated rings. The quantitative estimate of drug-likeness (QED) is 0.903. The van der Waals surface area contributed by atoms with Crippen LogP contribution in [0.3, 0.4) is 0 Å². The lowest BCUT2D eigenvalue weighted by Gasteiger charge is -2.02. The number of aromatic nitrogens is 2. The first-order valence-electron chi connectivity index (χ1n) is 6.21. The summed E-state index contributed by atoms with van der Waals surface area (Å²) in [5.74, 6) is -0.791. The van der Waals surface area contributed by atoms with Crippen molar-refractivity contribution in [2.75, 3.05) is 6.54 Å². The van der Waals surface area contributed by atoms with Gasteiger partial charge in [0.2, 0.25) is 0 Å². The molecule has 0 aliphatic rings. The first-order valence-corrected chi connectivity index (χ1v) is 6.21. The number of nitrogens with zero attached hydrogens (tertiary/aromatic N) is 2. The van der Waals surface area contributed by atoms with Crippen molar-refractivity contribution in [2.24, 2.45) is 0 Å². The van der Waals surface area contributed by atoms with Crippen molar-refractivity contribution in [3.05, 3.63) is 48.0 Å². The predicted molar refractivity (Wildman–Crippen MR) is 71.2 cm³/mol. The van der Waals surface area contributed by atoms with Crippen molar-refractivity contribution in [3.8, 4) is 5.69 Å². The molecular weight excluding hydrogens is 261 g/mol. The Bertz CT molecular complexity index is 620. The number of halogens is 1. The Balaban J connectivity index is 2.06. The van der Waals surface area contributed by atoms with Crippen LogP contribution in [0.4, 0.5) is 4.39 Å². The Hall–Kier alpha value is -2.50. The first kappa shape index (κ1) is 13.9. The second-order valence-electron chi connectivity index (χ2n) is 4.20. The van der Waals surface area contributed by atoms with Gasteiger partial charge in [0.1, 0.15) is 5.82 Å². The number of rotatable bonds is 5. The van der Waals surface area contributed by atoms with Gasteiger partial charge in [-0.3, -0.25) is 9.59 Å². The third kappa shape index (κ3) is 3.28. The van der Waals surface area contributed by atoms with Gasteiger partial charge in [0.15, 0.2) is 11.5 Å². The highest BCUT2D eigenvalue weighted by Gasteiger charge is 2.11. The SMILES string of the molecule is CCC(=O)CNC(=O)c1ccn(-c2ccc(F)cc2)n1. The van der Waals surface area contributed by atoms with E-state index in [9.17, 15) is 14.0 Å². The second-order valence-corrected chi connectivity index (χ2v) is 4.20. The van der Waals surface area contributed by atoms with Crippen molar-refractivity contribution >= 4 is 11.7 Å². The van der Waals surface area contributed by atoms with Crippen molar-refractivity contribution in [3.63, 3.8) is 0 Å². The van der Waals surface area contributed by atoms with Crippen LogP contribution >= 0.6 is 0 Å². The summed E-state index contributed by atoms with van der Waals surface area (Å²) in [5, 5.41) is 6.58. The molecule has 0 aliphatic heterocycles. The maximum atomic E-state index is 12.8. The van der Waals surface area contributed by atoms with E-state index in [2.05, 4.69) is 10.4 Å². The molecule has 0 bridgehead atoms. The molecule has 20 heavy (non-hydrogen) atoms. The second kappa shape index (κ2) is 6.10. The molecule has 0 saturated heterocycles. The van der Waals surface area contributed by atoms with Gasteiger partial charge in [0.05, 0.1) is 12.2 Å². The zero-order valence-electron chi connectivity index (χ0n) is 11.0. The van der Waals surface area contributed by atoms with E-state index in [0.717, 1.165) is 0 Å². The number of hydrogen-bond donors (Lipinski definition) is 1. The van der Waals surface area contributed by atoms with E-state index in [-0.39, 0.29) is 23.8 Å². The topological polar surface area (TPSA) is 64.0 Å². The van der Waals surface area contributed by atoms with Gasteiger partial charge in [-0.05, 0) is 30.3 Å². The standard InChI is InChI=1S/C14H14FN3O2/c1-2-12(19)9-16-14(20)13-7-8-18(17-13)11-5-3-10(15)4-6-11/h3-8H,2,9H2,1H3,(H,16,20). The zero-order chi connectivity index (χ0) is 14.5. The lowest BCUT2D eigenvalue weighted by molar-refractivity contribution is -0.117. The van der Waals surface area contributed by atoms with E-state index in [1.807, 2.05) is 0 Å². The molecule has 0 unspecified atom stereocenters. The molecule has 1 amide bonds. The van der Waals surface area contributed by atoms with E-state index >= 15 is 0 Å². The van der Waals surface area contributed by atoms with Crippen LogP contribution in [0.25, 0.3) is 5.69 Å². The Morgan fingerprint density at radius 3 is 2.60 bits per heavy atom. The summed E-state index contributed by atoms with van der Waals surface area (Å²) >= 11 is 0. The Morgan fingerprint density at radius 2 is 1.95 bits per heavy atom. The molecule has 5 nitrogen and oxygen atoms in total. The van der Waals surface area contributed by atoms with Gasteiger partial charge >= 0.3 is 0 Å².